The lowest BCUT2D eigenvalue weighted by Crippen LogP contribution is -2.20. The van der Waals surface area contributed by atoms with Gasteiger partial charge in [-0.05, 0) is 24.3 Å². The summed E-state index contributed by atoms with van der Waals surface area (Å²) >= 11 is 12.4. The molecule has 0 aliphatic heterocycles. The average molecular weight is 413 g/mol. The monoisotopic (exact) mass is 412 g/mol. The Morgan fingerprint density at radius 1 is 1.14 bits per heavy atom. The highest BCUT2D eigenvalue weighted by atomic mass is 35.5. The SMILES string of the molecule is CC(=O)c1nn(-c2ccccc2Cl)c(-c2ccc(Cl)cc2)c1CC(=O)NC#N. The molecule has 1 aromatic heterocycles. The zero-order valence-corrected chi connectivity index (χ0v) is 16.3. The highest BCUT2D eigenvalue weighted by Crippen LogP contribution is 2.33. The minimum Gasteiger partial charge on any atom is -0.293 e. The van der Waals surface area contributed by atoms with Crippen molar-refractivity contribution in [3.63, 3.8) is 0 Å². The van der Waals surface area contributed by atoms with Crippen molar-refractivity contribution in [2.75, 3.05) is 0 Å². The number of benzene rings is 2. The van der Waals surface area contributed by atoms with Crippen LogP contribution >= 0.6 is 23.2 Å². The van der Waals surface area contributed by atoms with Gasteiger partial charge in [0.2, 0.25) is 5.91 Å². The topological polar surface area (TPSA) is 87.8 Å². The number of Topliss-reactive ketones (excluding diaryl/α,β-unsaturated/α-hetero) is 1. The molecule has 2 aromatic carbocycles. The molecule has 28 heavy (non-hydrogen) atoms. The van der Waals surface area contributed by atoms with Gasteiger partial charge in [0.25, 0.3) is 0 Å². The van der Waals surface area contributed by atoms with Crippen molar-refractivity contribution in [1.82, 2.24) is 15.1 Å². The van der Waals surface area contributed by atoms with E-state index in [2.05, 4.69) is 10.4 Å². The molecular weight excluding hydrogens is 399 g/mol. The van der Waals surface area contributed by atoms with Gasteiger partial charge in [-0.25, -0.2) is 4.68 Å². The summed E-state index contributed by atoms with van der Waals surface area (Å²) in [6.07, 6.45) is 1.41. The number of halogens is 2. The Morgan fingerprint density at radius 3 is 2.43 bits per heavy atom. The number of hydrogen-bond donors (Lipinski definition) is 1. The molecule has 1 amide bonds. The van der Waals surface area contributed by atoms with E-state index in [-0.39, 0.29) is 17.9 Å². The number of para-hydroxylation sites is 1. The molecule has 3 rings (SSSR count). The van der Waals surface area contributed by atoms with E-state index in [1.54, 1.807) is 54.7 Å². The van der Waals surface area contributed by atoms with E-state index in [1.165, 1.54) is 11.6 Å². The van der Waals surface area contributed by atoms with E-state index in [0.717, 1.165) is 0 Å². The Balaban J connectivity index is 2.31. The van der Waals surface area contributed by atoms with E-state index in [1.807, 2.05) is 0 Å². The zero-order valence-electron chi connectivity index (χ0n) is 14.7. The van der Waals surface area contributed by atoms with Gasteiger partial charge in [-0.15, -0.1) is 0 Å². The summed E-state index contributed by atoms with van der Waals surface area (Å²) in [4.78, 5) is 24.4. The first-order valence-electron chi connectivity index (χ1n) is 8.24. The van der Waals surface area contributed by atoms with Crippen molar-refractivity contribution in [3.05, 3.63) is 69.8 Å². The lowest BCUT2D eigenvalue weighted by Gasteiger charge is -2.11. The van der Waals surface area contributed by atoms with Gasteiger partial charge in [0.05, 0.1) is 22.8 Å². The predicted molar refractivity (Wildman–Crippen MR) is 106 cm³/mol. The molecule has 0 aliphatic rings. The van der Waals surface area contributed by atoms with E-state index >= 15 is 0 Å². The van der Waals surface area contributed by atoms with Gasteiger partial charge in [-0.3, -0.25) is 14.9 Å². The molecule has 8 heteroatoms. The molecule has 3 aromatic rings. The number of nitriles is 1. The fourth-order valence-electron chi connectivity index (χ4n) is 2.87. The number of aromatic nitrogens is 2. The van der Waals surface area contributed by atoms with Crippen molar-refractivity contribution in [2.45, 2.75) is 13.3 Å². The quantitative estimate of drug-likeness (QED) is 0.386. The molecule has 0 saturated heterocycles. The number of nitrogens with one attached hydrogen (secondary N) is 1. The van der Waals surface area contributed by atoms with E-state index in [0.29, 0.717) is 32.6 Å². The molecule has 0 saturated carbocycles. The summed E-state index contributed by atoms with van der Waals surface area (Å²) in [5, 5.41) is 16.2. The second-order valence-corrected chi connectivity index (χ2v) is 6.78. The summed E-state index contributed by atoms with van der Waals surface area (Å²) in [6, 6.07) is 14.0. The number of hydrogen-bond acceptors (Lipinski definition) is 4. The van der Waals surface area contributed by atoms with Crippen molar-refractivity contribution in [1.29, 1.82) is 5.26 Å². The van der Waals surface area contributed by atoms with Gasteiger partial charge in [0.15, 0.2) is 12.0 Å². The third kappa shape index (κ3) is 3.91. The normalized spacial score (nSPS) is 10.4. The molecular formula is C20H14Cl2N4O2. The number of rotatable bonds is 5. The Labute approximate surface area is 171 Å². The zero-order chi connectivity index (χ0) is 20.3. The summed E-state index contributed by atoms with van der Waals surface area (Å²) < 4.78 is 1.54. The van der Waals surface area contributed by atoms with Crippen LogP contribution in [0, 0.1) is 11.5 Å². The van der Waals surface area contributed by atoms with Crippen LogP contribution in [-0.4, -0.2) is 21.5 Å². The van der Waals surface area contributed by atoms with Crippen LogP contribution in [-0.2, 0) is 11.2 Å². The Hall–Kier alpha value is -3.14. The van der Waals surface area contributed by atoms with E-state index in [4.69, 9.17) is 28.5 Å². The number of nitrogens with zero attached hydrogens (tertiary/aromatic N) is 3. The van der Waals surface area contributed by atoms with Crippen LogP contribution < -0.4 is 5.32 Å². The molecule has 0 aliphatic carbocycles. The van der Waals surface area contributed by atoms with E-state index < -0.39 is 5.91 Å². The maximum absolute atomic E-state index is 12.2. The minimum atomic E-state index is -0.543. The number of carbonyl (C=O) groups excluding carboxylic acids is 2. The average Bonchev–Trinajstić information content (AvgIpc) is 3.02. The minimum absolute atomic E-state index is 0.137. The van der Waals surface area contributed by atoms with Crippen LogP contribution in [0.3, 0.4) is 0 Å². The Morgan fingerprint density at radius 2 is 1.82 bits per heavy atom. The highest BCUT2D eigenvalue weighted by Gasteiger charge is 2.25. The fraction of sp³-hybridized carbons (Fsp3) is 0.100. The van der Waals surface area contributed by atoms with Crippen LogP contribution in [0.25, 0.3) is 16.9 Å². The standard InChI is InChI=1S/C20H14Cl2N4O2/c1-12(27)19-15(10-18(28)24-11-23)20(13-6-8-14(21)9-7-13)26(25-19)17-5-3-2-4-16(17)22/h2-9H,10H2,1H3,(H,24,28). The van der Waals surface area contributed by atoms with Crippen molar-refractivity contribution in [2.24, 2.45) is 0 Å². The first kappa shape index (κ1) is 19.6. The molecule has 140 valence electrons. The second-order valence-electron chi connectivity index (χ2n) is 5.94. The van der Waals surface area contributed by atoms with Gasteiger partial charge in [0, 0.05) is 23.1 Å². The third-order valence-corrected chi connectivity index (χ3v) is 4.62. The lowest BCUT2D eigenvalue weighted by atomic mass is 10.0. The smallest absolute Gasteiger partial charge is 0.237 e. The van der Waals surface area contributed by atoms with Gasteiger partial charge in [-0.2, -0.15) is 10.4 Å². The van der Waals surface area contributed by atoms with Crippen LogP contribution in [0.15, 0.2) is 48.5 Å². The molecule has 0 bridgehead atoms. The third-order valence-electron chi connectivity index (χ3n) is 4.05. The van der Waals surface area contributed by atoms with Crippen molar-refractivity contribution in [3.8, 4) is 23.1 Å². The summed E-state index contributed by atoms with van der Waals surface area (Å²) in [5.74, 6) is -0.848. The molecule has 0 spiro atoms. The van der Waals surface area contributed by atoms with Crippen LogP contribution in [0.4, 0.5) is 0 Å². The first-order chi connectivity index (χ1) is 13.4. The number of ketones is 1. The van der Waals surface area contributed by atoms with Gasteiger partial charge in [0.1, 0.15) is 5.69 Å². The summed E-state index contributed by atoms with van der Waals surface area (Å²) in [5.41, 5.74) is 2.33. The Kier molecular flexibility index (Phi) is 5.78. The molecule has 0 atom stereocenters. The number of carbonyl (C=O) groups is 2. The first-order valence-corrected chi connectivity index (χ1v) is 8.99. The molecule has 1 heterocycles. The summed E-state index contributed by atoms with van der Waals surface area (Å²) in [6.45, 7) is 1.37. The lowest BCUT2D eigenvalue weighted by molar-refractivity contribution is -0.119. The summed E-state index contributed by atoms with van der Waals surface area (Å²) in [7, 11) is 0. The Bertz CT molecular complexity index is 1100. The molecule has 0 radical (unpaired) electrons. The molecule has 6 nitrogen and oxygen atoms in total. The van der Waals surface area contributed by atoms with Gasteiger partial charge >= 0.3 is 0 Å². The van der Waals surface area contributed by atoms with Crippen molar-refractivity contribution < 1.29 is 9.59 Å². The van der Waals surface area contributed by atoms with Crippen LogP contribution in [0.2, 0.25) is 10.0 Å². The van der Waals surface area contributed by atoms with Gasteiger partial charge < -0.3 is 0 Å². The van der Waals surface area contributed by atoms with Crippen LogP contribution in [0.1, 0.15) is 23.0 Å². The predicted octanol–water partition coefficient (Wildman–Crippen LogP) is 4.19. The largest absolute Gasteiger partial charge is 0.293 e. The molecule has 1 N–H and O–H groups in total. The van der Waals surface area contributed by atoms with E-state index in [9.17, 15) is 9.59 Å². The molecule has 0 fully saturated rings. The van der Waals surface area contributed by atoms with Crippen molar-refractivity contribution >= 4 is 34.9 Å². The number of amides is 1. The maximum Gasteiger partial charge on any atom is 0.237 e. The highest BCUT2D eigenvalue weighted by molar-refractivity contribution is 6.32. The fourth-order valence-corrected chi connectivity index (χ4v) is 3.21. The van der Waals surface area contributed by atoms with Crippen LogP contribution in [0.5, 0.6) is 0 Å². The second kappa shape index (κ2) is 8.26. The molecule has 0 unspecified atom stereocenters. The van der Waals surface area contributed by atoms with Gasteiger partial charge in [-0.1, -0.05) is 47.5 Å². The maximum atomic E-state index is 12.2.